The number of hydrogen-bond acceptors (Lipinski definition) is 3. The molecule has 6 heteroatoms. The highest BCUT2D eigenvalue weighted by atomic mass is 16.5. The van der Waals surface area contributed by atoms with Gasteiger partial charge in [0, 0.05) is 12.2 Å². The molecule has 1 aliphatic heterocycles. The second kappa shape index (κ2) is 6.13. The van der Waals surface area contributed by atoms with Crippen LogP contribution in [0.25, 0.3) is 0 Å². The van der Waals surface area contributed by atoms with Gasteiger partial charge in [0.25, 0.3) is 0 Å². The zero-order valence-corrected chi connectivity index (χ0v) is 12.3. The van der Waals surface area contributed by atoms with E-state index in [1.54, 1.807) is 29.2 Å². The molecule has 1 heterocycles. The number of nitrogens with zero attached hydrogens (tertiary/aromatic N) is 1. The van der Waals surface area contributed by atoms with Crippen LogP contribution in [0.3, 0.4) is 0 Å². The summed E-state index contributed by atoms with van der Waals surface area (Å²) in [5, 5.41) is 11.7. The number of carboxylic acid groups (broad SMARTS) is 1. The molecule has 0 aliphatic carbocycles. The molecule has 2 rings (SSSR count). The van der Waals surface area contributed by atoms with E-state index in [2.05, 4.69) is 5.32 Å². The highest BCUT2D eigenvalue weighted by Crippen LogP contribution is 2.22. The summed E-state index contributed by atoms with van der Waals surface area (Å²) >= 11 is 0. The lowest BCUT2D eigenvalue weighted by Gasteiger charge is -2.41. The van der Waals surface area contributed by atoms with E-state index < -0.39 is 5.97 Å². The van der Waals surface area contributed by atoms with Crippen LogP contribution in [0.4, 0.5) is 10.5 Å². The summed E-state index contributed by atoms with van der Waals surface area (Å²) in [6.07, 6.45) is -0.122. The average Bonchev–Trinajstić information content (AvgIpc) is 2.39. The Kier molecular flexibility index (Phi) is 4.47. The van der Waals surface area contributed by atoms with E-state index in [1.165, 1.54) is 0 Å². The van der Waals surface area contributed by atoms with Gasteiger partial charge in [-0.25, -0.2) is 4.79 Å². The average molecular weight is 292 g/mol. The van der Waals surface area contributed by atoms with Gasteiger partial charge < -0.3 is 20.1 Å². The Bertz CT molecular complexity index is 542. The van der Waals surface area contributed by atoms with Gasteiger partial charge >= 0.3 is 12.0 Å². The normalized spacial score (nSPS) is 17.3. The number of urea groups is 1. The molecule has 1 fully saturated rings. The lowest BCUT2D eigenvalue weighted by atomic mass is 10.0. The third-order valence-corrected chi connectivity index (χ3v) is 3.49. The molecule has 21 heavy (non-hydrogen) atoms. The van der Waals surface area contributed by atoms with E-state index in [1.807, 2.05) is 13.8 Å². The van der Waals surface area contributed by atoms with Crippen molar-refractivity contribution in [2.75, 3.05) is 25.1 Å². The van der Waals surface area contributed by atoms with Crippen molar-refractivity contribution >= 4 is 17.7 Å². The van der Waals surface area contributed by atoms with E-state index in [0.29, 0.717) is 31.0 Å². The summed E-state index contributed by atoms with van der Waals surface area (Å²) in [4.78, 5) is 25.0. The molecule has 0 unspecified atom stereocenters. The minimum Gasteiger partial charge on any atom is -0.481 e. The molecule has 0 saturated carbocycles. The number of carboxylic acids is 1. The third-order valence-electron chi connectivity index (χ3n) is 3.49. The Morgan fingerprint density at radius 3 is 2.76 bits per heavy atom. The van der Waals surface area contributed by atoms with E-state index in [9.17, 15) is 9.59 Å². The Hall–Kier alpha value is -2.08. The zero-order chi connectivity index (χ0) is 15.5. The van der Waals surface area contributed by atoms with Gasteiger partial charge in [0.2, 0.25) is 0 Å². The lowest BCUT2D eigenvalue weighted by molar-refractivity contribution is -0.136. The lowest BCUT2D eigenvalue weighted by Crippen LogP contribution is -2.56. The molecule has 114 valence electrons. The number of hydrogen-bond donors (Lipinski definition) is 2. The molecule has 1 aromatic carbocycles. The maximum Gasteiger partial charge on any atom is 0.322 e. The van der Waals surface area contributed by atoms with Crippen LogP contribution in [0, 0.1) is 0 Å². The zero-order valence-electron chi connectivity index (χ0n) is 12.3. The molecule has 0 aromatic heterocycles. The van der Waals surface area contributed by atoms with E-state index in [0.717, 1.165) is 0 Å². The molecule has 6 nitrogen and oxygen atoms in total. The summed E-state index contributed by atoms with van der Waals surface area (Å²) in [5.74, 6) is -0.927. The molecule has 1 aliphatic rings. The van der Waals surface area contributed by atoms with Crippen LogP contribution in [-0.4, -0.2) is 47.3 Å². The van der Waals surface area contributed by atoms with Crippen LogP contribution in [0.15, 0.2) is 24.3 Å². The van der Waals surface area contributed by atoms with Crippen LogP contribution in [-0.2, 0) is 16.0 Å². The van der Waals surface area contributed by atoms with Crippen LogP contribution in [0.1, 0.15) is 19.4 Å². The number of rotatable bonds is 3. The Labute approximate surface area is 123 Å². The first-order valence-corrected chi connectivity index (χ1v) is 6.86. The summed E-state index contributed by atoms with van der Waals surface area (Å²) < 4.78 is 5.39. The molecule has 2 N–H and O–H groups in total. The molecular formula is C15H20N2O4. The monoisotopic (exact) mass is 292 g/mol. The highest BCUT2D eigenvalue weighted by molar-refractivity contribution is 5.91. The Balaban J connectivity index is 2.14. The van der Waals surface area contributed by atoms with Crippen LogP contribution >= 0.6 is 0 Å². The maximum atomic E-state index is 12.4. The number of carbonyl (C=O) groups excluding carboxylic acids is 1. The largest absolute Gasteiger partial charge is 0.481 e. The minimum absolute atomic E-state index is 0.122. The maximum absolute atomic E-state index is 12.4. The first-order valence-electron chi connectivity index (χ1n) is 6.86. The van der Waals surface area contributed by atoms with Gasteiger partial charge in [-0.1, -0.05) is 18.2 Å². The number of morpholine rings is 1. The second-order valence-corrected chi connectivity index (χ2v) is 5.67. The first-order chi connectivity index (χ1) is 9.90. The number of aliphatic carboxylic acids is 1. The molecule has 2 amide bonds. The number of amides is 2. The Morgan fingerprint density at radius 2 is 2.10 bits per heavy atom. The van der Waals surface area contributed by atoms with Crippen molar-refractivity contribution in [2.24, 2.45) is 0 Å². The predicted octanol–water partition coefficient (Wildman–Crippen LogP) is 1.96. The van der Waals surface area contributed by atoms with Gasteiger partial charge in [-0.15, -0.1) is 0 Å². The van der Waals surface area contributed by atoms with Gasteiger partial charge in [0.15, 0.2) is 0 Å². The van der Waals surface area contributed by atoms with Crippen molar-refractivity contribution in [1.29, 1.82) is 0 Å². The van der Waals surface area contributed by atoms with Crippen molar-refractivity contribution in [2.45, 2.75) is 25.8 Å². The van der Waals surface area contributed by atoms with Crippen molar-refractivity contribution in [3.63, 3.8) is 0 Å². The van der Waals surface area contributed by atoms with Crippen molar-refractivity contribution in [3.05, 3.63) is 29.8 Å². The third kappa shape index (κ3) is 3.72. The van der Waals surface area contributed by atoms with E-state index >= 15 is 0 Å². The van der Waals surface area contributed by atoms with E-state index in [-0.39, 0.29) is 18.0 Å². The van der Waals surface area contributed by atoms with Gasteiger partial charge in [-0.3, -0.25) is 4.79 Å². The van der Waals surface area contributed by atoms with Crippen LogP contribution in [0.5, 0.6) is 0 Å². The molecule has 1 aromatic rings. The van der Waals surface area contributed by atoms with Crippen LogP contribution < -0.4 is 5.32 Å². The number of para-hydroxylation sites is 1. The Morgan fingerprint density at radius 1 is 1.38 bits per heavy atom. The number of nitrogens with one attached hydrogen (secondary N) is 1. The quantitative estimate of drug-likeness (QED) is 0.892. The molecular weight excluding hydrogens is 272 g/mol. The topological polar surface area (TPSA) is 78.9 Å². The van der Waals surface area contributed by atoms with Crippen molar-refractivity contribution < 1.29 is 19.4 Å². The van der Waals surface area contributed by atoms with Crippen LogP contribution in [0.2, 0.25) is 0 Å². The number of carbonyl (C=O) groups is 2. The molecule has 0 spiro atoms. The fraction of sp³-hybridized carbons (Fsp3) is 0.467. The van der Waals surface area contributed by atoms with Gasteiger partial charge in [-0.2, -0.15) is 0 Å². The van der Waals surface area contributed by atoms with Gasteiger partial charge in [0.1, 0.15) is 0 Å². The first kappa shape index (κ1) is 15.3. The summed E-state index contributed by atoms with van der Waals surface area (Å²) in [7, 11) is 0. The second-order valence-electron chi connectivity index (χ2n) is 5.67. The summed E-state index contributed by atoms with van der Waals surface area (Å²) in [5.41, 5.74) is 0.737. The minimum atomic E-state index is -0.927. The fourth-order valence-corrected chi connectivity index (χ4v) is 2.38. The fourth-order valence-electron chi connectivity index (χ4n) is 2.38. The van der Waals surface area contributed by atoms with E-state index in [4.69, 9.17) is 9.84 Å². The molecule has 0 bridgehead atoms. The number of ether oxygens (including phenoxy) is 1. The number of anilines is 1. The predicted molar refractivity (Wildman–Crippen MR) is 78.4 cm³/mol. The van der Waals surface area contributed by atoms with Gasteiger partial charge in [-0.05, 0) is 25.5 Å². The highest BCUT2D eigenvalue weighted by Gasteiger charge is 2.34. The summed E-state index contributed by atoms with van der Waals surface area (Å²) in [6.45, 7) is 5.38. The molecule has 0 radical (unpaired) electrons. The summed E-state index contributed by atoms with van der Waals surface area (Å²) in [6, 6.07) is 6.71. The smallest absolute Gasteiger partial charge is 0.322 e. The van der Waals surface area contributed by atoms with Crippen molar-refractivity contribution in [1.82, 2.24) is 4.90 Å². The van der Waals surface area contributed by atoms with Crippen molar-refractivity contribution in [3.8, 4) is 0 Å². The number of benzene rings is 1. The molecule has 1 saturated heterocycles. The molecule has 0 atom stereocenters. The SMILES string of the molecule is CC1(C)COCCN1C(=O)Nc1ccccc1CC(=O)O. The van der Waals surface area contributed by atoms with Gasteiger partial charge in [0.05, 0.1) is 25.2 Å². The standard InChI is InChI=1S/C15H20N2O4/c1-15(2)10-21-8-7-17(15)14(20)16-12-6-4-3-5-11(12)9-13(18)19/h3-6H,7-10H2,1-2H3,(H,16,20)(H,18,19).